The van der Waals surface area contributed by atoms with Gasteiger partial charge in [0, 0.05) is 12.1 Å². The Bertz CT molecular complexity index is 420. The molecule has 2 rings (SSSR count). The average Bonchev–Trinajstić information content (AvgIpc) is 2.49. The minimum Gasteiger partial charge on any atom is -0.345 e. The fraction of sp³-hybridized carbons (Fsp3) is 0.895. The number of carbonyl (C=O) groups is 2. The number of carbonyl (C=O) groups excluding carboxylic acids is 2. The van der Waals surface area contributed by atoms with Crippen LogP contribution >= 0.6 is 0 Å². The molecule has 132 valence electrons. The summed E-state index contributed by atoms with van der Waals surface area (Å²) in [6, 6.07) is 0.328. The van der Waals surface area contributed by atoms with Crippen LogP contribution in [0, 0.1) is 17.3 Å². The Hall–Kier alpha value is -1.06. The maximum Gasteiger partial charge on any atom is 0.309 e. The fourth-order valence-electron chi connectivity index (χ4n) is 4.12. The van der Waals surface area contributed by atoms with Crippen LogP contribution in [0.3, 0.4) is 0 Å². The molecule has 0 aromatic carbocycles. The summed E-state index contributed by atoms with van der Waals surface area (Å²) in [4.78, 5) is 24.3. The maximum absolute atomic E-state index is 12.1. The third-order valence-electron chi connectivity index (χ3n) is 5.92. The predicted molar refractivity (Wildman–Crippen MR) is 92.9 cm³/mol. The van der Waals surface area contributed by atoms with Crippen molar-refractivity contribution in [3.8, 4) is 0 Å². The van der Waals surface area contributed by atoms with E-state index in [0.717, 1.165) is 44.9 Å². The molecule has 4 nitrogen and oxygen atoms in total. The van der Waals surface area contributed by atoms with Crippen molar-refractivity contribution in [1.82, 2.24) is 10.6 Å². The maximum atomic E-state index is 12.1. The summed E-state index contributed by atoms with van der Waals surface area (Å²) in [5, 5.41) is 5.88. The van der Waals surface area contributed by atoms with Gasteiger partial charge in [-0.2, -0.15) is 0 Å². The zero-order valence-electron chi connectivity index (χ0n) is 15.3. The van der Waals surface area contributed by atoms with Gasteiger partial charge in [-0.15, -0.1) is 0 Å². The van der Waals surface area contributed by atoms with Crippen molar-refractivity contribution < 1.29 is 9.59 Å². The highest BCUT2D eigenvalue weighted by molar-refractivity contribution is 6.35. The molecule has 2 N–H and O–H groups in total. The number of rotatable bonds is 2. The van der Waals surface area contributed by atoms with Crippen LogP contribution in [0.1, 0.15) is 79.1 Å². The van der Waals surface area contributed by atoms with E-state index in [2.05, 4.69) is 38.3 Å². The van der Waals surface area contributed by atoms with Gasteiger partial charge in [0.05, 0.1) is 0 Å². The highest BCUT2D eigenvalue weighted by Gasteiger charge is 2.31. The predicted octanol–water partition coefficient (Wildman–Crippen LogP) is 3.40. The van der Waals surface area contributed by atoms with Crippen LogP contribution in [0.25, 0.3) is 0 Å². The zero-order chi connectivity index (χ0) is 17.0. The summed E-state index contributed by atoms with van der Waals surface area (Å²) < 4.78 is 0. The summed E-state index contributed by atoms with van der Waals surface area (Å²) in [6.07, 6.45) is 8.76. The molecular weight excluding hydrogens is 288 g/mol. The molecule has 0 heterocycles. The zero-order valence-corrected chi connectivity index (χ0v) is 15.3. The summed E-state index contributed by atoms with van der Waals surface area (Å²) in [6.45, 7) is 9.02. The van der Waals surface area contributed by atoms with E-state index in [1.807, 2.05) is 0 Å². The van der Waals surface area contributed by atoms with Crippen molar-refractivity contribution in [1.29, 1.82) is 0 Å². The Labute approximate surface area is 141 Å². The molecule has 0 radical (unpaired) electrons. The SMILES string of the molecule is C[C@H]1CCCC[C@@H]1NC(=O)C(=O)NC1CCC(C(C)(C)C)CC1. The Morgan fingerprint density at radius 1 is 0.826 bits per heavy atom. The first-order valence-corrected chi connectivity index (χ1v) is 9.38. The second kappa shape index (κ2) is 7.67. The van der Waals surface area contributed by atoms with Crippen molar-refractivity contribution in [2.45, 2.75) is 91.1 Å². The van der Waals surface area contributed by atoms with Gasteiger partial charge in [0.2, 0.25) is 0 Å². The molecule has 2 aliphatic rings. The molecule has 2 amide bonds. The topological polar surface area (TPSA) is 58.2 Å². The van der Waals surface area contributed by atoms with E-state index < -0.39 is 11.8 Å². The van der Waals surface area contributed by atoms with Crippen LogP contribution in [0.15, 0.2) is 0 Å². The Morgan fingerprint density at radius 3 is 1.96 bits per heavy atom. The fourth-order valence-corrected chi connectivity index (χ4v) is 4.12. The lowest BCUT2D eigenvalue weighted by Gasteiger charge is -2.37. The van der Waals surface area contributed by atoms with Crippen molar-refractivity contribution in [2.24, 2.45) is 17.3 Å². The molecule has 0 aromatic heterocycles. The largest absolute Gasteiger partial charge is 0.345 e. The van der Waals surface area contributed by atoms with Gasteiger partial charge in [-0.05, 0) is 55.8 Å². The Morgan fingerprint density at radius 2 is 1.39 bits per heavy atom. The van der Waals surface area contributed by atoms with E-state index in [0.29, 0.717) is 17.3 Å². The molecule has 0 aliphatic heterocycles. The third-order valence-corrected chi connectivity index (χ3v) is 5.92. The molecule has 2 fully saturated rings. The van der Waals surface area contributed by atoms with E-state index in [-0.39, 0.29) is 12.1 Å². The number of amides is 2. The summed E-state index contributed by atoms with van der Waals surface area (Å²) in [7, 11) is 0. The van der Waals surface area contributed by atoms with Crippen LogP contribution < -0.4 is 10.6 Å². The molecule has 4 heteroatoms. The average molecular weight is 322 g/mol. The second-order valence-corrected chi connectivity index (χ2v) is 8.73. The monoisotopic (exact) mass is 322 g/mol. The minimum absolute atomic E-state index is 0.163. The molecule has 0 spiro atoms. The molecule has 0 unspecified atom stereocenters. The molecule has 2 aliphatic carbocycles. The van der Waals surface area contributed by atoms with E-state index in [1.165, 1.54) is 6.42 Å². The van der Waals surface area contributed by atoms with E-state index >= 15 is 0 Å². The van der Waals surface area contributed by atoms with Gasteiger partial charge in [0.15, 0.2) is 0 Å². The lowest BCUT2D eigenvalue weighted by atomic mass is 9.71. The van der Waals surface area contributed by atoms with Crippen molar-refractivity contribution in [3.05, 3.63) is 0 Å². The van der Waals surface area contributed by atoms with Crippen molar-refractivity contribution in [3.63, 3.8) is 0 Å². The van der Waals surface area contributed by atoms with Gasteiger partial charge in [0.1, 0.15) is 0 Å². The van der Waals surface area contributed by atoms with Gasteiger partial charge in [-0.25, -0.2) is 0 Å². The lowest BCUT2D eigenvalue weighted by molar-refractivity contribution is -0.140. The van der Waals surface area contributed by atoms with Gasteiger partial charge >= 0.3 is 11.8 Å². The molecule has 2 atom stereocenters. The molecule has 2 saturated carbocycles. The number of hydrogen-bond donors (Lipinski definition) is 2. The first-order chi connectivity index (χ1) is 10.8. The Kier molecular flexibility index (Phi) is 6.10. The summed E-state index contributed by atoms with van der Waals surface area (Å²) in [5.41, 5.74) is 0.337. The quantitative estimate of drug-likeness (QED) is 0.766. The van der Waals surface area contributed by atoms with Gasteiger partial charge in [-0.1, -0.05) is 40.5 Å². The summed E-state index contributed by atoms with van der Waals surface area (Å²) in [5.74, 6) is 0.305. The minimum atomic E-state index is -0.443. The van der Waals surface area contributed by atoms with Gasteiger partial charge in [0.25, 0.3) is 0 Å². The molecule has 0 aromatic rings. The number of nitrogens with one attached hydrogen (secondary N) is 2. The highest BCUT2D eigenvalue weighted by Crippen LogP contribution is 2.37. The molecule has 0 saturated heterocycles. The first kappa shape index (κ1) is 18.3. The molecule has 23 heavy (non-hydrogen) atoms. The van der Waals surface area contributed by atoms with Gasteiger partial charge < -0.3 is 10.6 Å². The number of hydrogen-bond acceptors (Lipinski definition) is 2. The smallest absolute Gasteiger partial charge is 0.309 e. The lowest BCUT2D eigenvalue weighted by Crippen LogP contribution is -2.50. The van der Waals surface area contributed by atoms with E-state index in [1.54, 1.807) is 0 Å². The van der Waals surface area contributed by atoms with Crippen LogP contribution in [-0.2, 0) is 9.59 Å². The van der Waals surface area contributed by atoms with Crippen LogP contribution in [0.2, 0.25) is 0 Å². The standard InChI is InChI=1S/C19H34N2O2/c1-13-7-5-6-8-16(13)21-18(23)17(22)20-15-11-9-14(10-12-15)19(2,3)4/h13-16H,5-12H2,1-4H3,(H,20,22)(H,21,23)/t13-,14?,15?,16-/m0/s1. The molecular formula is C19H34N2O2. The third kappa shape index (κ3) is 5.22. The highest BCUT2D eigenvalue weighted by atomic mass is 16.2. The van der Waals surface area contributed by atoms with Crippen molar-refractivity contribution in [2.75, 3.05) is 0 Å². The second-order valence-electron chi connectivity index (χ2n) is 8.73. The summed E-state index contributed by atoms with van der Waals surface area (Å²) >= 11 is 0. The Balaban J connectivity index is 1.75. The van der Waals surface area contributed by atoms with Gasteiger partial charge in [-0.3, -0.25) is 9.59 Å². The normalized spacial score (nSPS) is 32.2. The van der Waals surface area contributed by atoms with E-state index in [4.69, 9.17) is 0 Å². The van der Waals surface area contributed by atoms with Crippen LogP contribution in [-0.4, -0.2) is 23.9 Å². The van der Waals surface area contributed by atoms with E-state index in [9.17, 15) is 9.59 Å². The van der Waals surface area contributed by atoms with Crippen LogP contribution in [0.4, 0.5) is 0 Å². The van der Waals surface area contributed by atoms with Crippen molar-refractivity contribution >= 4 is 11.8 Å². The first-order valence-electron chi connectivity index (χ1n) is 9.38. The molecule has 0 bridgehead atoms. The van der Waals surface area contributed by atoms with Crippen LogP contribution in [0.5, 0.6) is 0 Å².